The summed E-state index contributed by atoms with van der Waals surface area (Å²) in [4.78, 5) is 0. The smallest absolute Gasteiger partial charge is 0.211 e. The average Bonchev–Trinajstić information content (AvgIpc) is 2.41. The molecule has 0 aromatic heterocycles. The lowest BCUT2D eigenvalue weighted by molar-refractivity contribution is 0.277. The molecule has 2 N–H and O–H groups in total. The van der Waals surface area contributed by atoms with Crippen LogP contribution in [-0.2, 0) is 16.4 Å². The van der Waals surface area contributed by atoms with Crippen LogP contribution in [0.15, 0.2) is 24.3 Å². The van der Waals surface area contributed by atoms with Crippen molar-refractivity contribution in [2.24, 2.45) is 0 Å². The Balaban J connectivity index is 1.79. The van der Waals surface area contributed by atoms with Crippen molar-refractivity contribution in [3.05, 3.63) is 29.8 Å². The first-order valence-corrected chi connectivity index (χ1v) is 9.18. The zero-order valence-corrected chi connectivity index (χ0v) is 13.4. The number of rotatable bonds is 5. The molecule has 21 heavy (non-hydrogen) atoms. The Hall–Kier alpha value is -1.11. The van der Waals surface area contributed by atoms with E-state index < -0.39 is 10.0 Å². The Morgan fingerprint density at radius 1 is 1.29 bits per heavy atom. The van der Waals surface area contributed by atoms with Gasteiger partial charge in [0.05, 0.1) is 6.26 Å². The molecule has 2 rings (SSSR count). The summed E-state index contributed by atoms with van der Waals surface area (Å²) in [5.41, 5.74) is 1.18. The zero-order chi connectivity index (χ0) is 15.5. The summed E-state index contributed by atoms with van der Waals surface area (Å²) in [7, 11) is -3.05. The first-order chi connectivity index (χ1) is 9.84. The van der Waals surface area contributed by atoms with Crippen LogP contribution >= 0.6 is 0 Å². The maximum atomic E-state index is 11.5. The minimum atomic E-state index is -3.05. The zero-order valence-electron chi connectivity index (χ0n) is 12.6. The third-order valence-corrected chi connectivity index (χ3v) is 5.22. The summed E-state index contributed by atoms with van der Waals surface area (Å²) in [6, 6.07) is 7.96. The molecule has 6 heteroatoms. The van der Waals surface area contributed by atoms with Gasteiger partial charge in [-0.1, -0.05) is 12.1 Å². The predicted octanol–water partition coefficient (Wildman–Crippen LogP) is 1.34. The molecule has 118 valence electrons. The van der Waals surface area contributed by atoms with Crippen LogP contribution in [-0.4, -0.2) is 49.3 Å². The van der Waals surface area contributed by atoms with Crippen LogP contribution in [0.2, 0.25) is 0 Å². The molecule has 0 saturated carbocycles. The van der Waals surface area contributed by atoms with E-state index in [4.69, 9.17) is 0 Å². The van der Waals surface area contributed by atoms with Crippen molar-refractivity contribution in [2.75, 3.05) is 19.3 Å². The third kappa shape index (κ3) is 4.98. The van der Waals surface area contributed by atoms with Crippen LogP contribution < -0.4 is 5.32 Å². The lowest BCUT2D eigenvalue weighted by Gasteiger charge is -2.32. The number of benzene rings is 1. The van der Waals surface area contributed by atoms with Crippen LogP contribution in [0.3, 0.4) is 0 Å². The molecule has 1 fully saturated rings. The summed E-state index contributed by atoms with van der Waals surface area (Å²) in [5.74, 6) is 0.285. The van der Waals surface area contributed by atoms with Crippen LogP contribution in [0.25, 0.3) is 0 Å². The van der Waals surface area contributed by atoms with Crippen molar-refractivity contribution >= 4 is 10.0 Å². The van der Waals surface area contributed by atoms with Crippen molar-refractivity contribution in [1.82, 2.24) is 9.62 Å². The molecule has 1 atom stereocenters. The highest BCUT2D eigenvalue weighted by atomic mass is 32.2. The number of aromatic hydroxyl groups is 1. The van der Waals surface area contributed by atoms with Crippen LogP contribution in [0.5, 0.6) is 5.75 Å². The number of nitrogens with one attached hydrogen (secondary N) is 1. The van der Waals surface area contributed by atoms with Gasteiger partial charge < -0.3 is 10.4 Å². The summed E-state index contributed by atoms with van der Waals surface area (Å²) >= 11 is 0. The fourth-order valence-electron chi connectivity index (χ4n) is 2.80. The minimum Gasteiger partial charge on any atom is -0.508 e. The van der Waals surface area contributed by atoms with Gasteiger partial charge in [-0.2, -0.15) is 0 Å². The standard InChI is InChI=1S/C15H24N2O3S/c1-12(11-13-3-5-15(18)6-4-13)16-14-7-9-17(10-8-14)21(2,19)20/h3-6,12,14,16,18H,7-11H2,1-2H3. The number of nitrogens with zero attached hydrogens (tertiary/aromatic N) is 1. The SMILES string of the molecule is CC(Cc1ccc(O)cc1)NC1CCN(S(C)(=O)=O)CC1. The number of phenols is 1. The maximum absolute atomic E-state index is 11.5. The van der Waals surface area contributed by atoms with Gasteiger partial charge in [-0.3, -0.25) is 0 Å². The van der Waals surface area contributed by atoms with Gasteiger partial charge in [0.15, 0.2) is 0 Å². The number of phenolic OH excluding ortho intramolecular Hbond substituents is 1. The topological polar surface area (TPSA) is 69.6 Å². The van der Waals surface area contributed by atoms with Crippen LogP contribution in [0.1, 0.15) is 25.3 Å². The molecule has 1 saturated heterocycles. The molecule has 1 aliphatic heterocycles. The van der Waals surface area contributed by atoms with Gasteiger partial charge in [0.1, 0.15) is 5.75 Å². The van der Waals surface area contributed by atoms with Gasteiger partial charge in [0, 0.05) is 25.2 Å². The number of hydrogen-bond acceptors (Lipinski definition) is 4. The van der Waals surface area contributed by atoms with Crippen molar-refractivity contribution in [3.8, 4) is 5.75 Å². The normalized spacial score (nSPS) is 19.5. The van der Waals surface area contributed by atoms with E-state index in [1.165, 1.54) is 11.8 Å². The molecular weight excluding hydrogens is 288 g/mol. The molecule has 0 amide bonds. The van der Waals surface area contributed by atoms with Gasteiger partial charge >= 0.3 is 0 Å². The quantitative estimate of drug-likeness (QED) is 0.861. The Morgan fingerprint density at radius 2 is 1.86 bits per heavy atom. The van der Waals surface area contributed by atoms with E-state index in [0.29, 0.717) is 25.2 Å². The highest BCUT2D eigenvalue weighted by Gasteiger charge is 2.25. The molecule has 0 spiro atoms. The van der Waals surface area contributed by atoms with E-state index in [-0.39, 0.29) is 5.75 Å². The average molecular weight is 312 g/mol. The monoisotopic (exact) mass is 312 g/mol. The lowest BCUT2D eigenvalue weighted by Crippen LogP contribution is -2.47. The van der Waals surface area contributed by atoms with Gasteiger partial charge in [0.2, 0.25) is 10.0 Å². The van der Waals surface area contributed by atoms with E-state index in [2.05, 4.69) is 12.2 Å². The van der Waals surface area contributed by atoms with Crippen molar-refractivity contribution in [1.29, 1.82) is 0 Å². The highest BCUT2D eigenvalue weighted by Crippen LogP contribution is 2.15. The molecule has 1 aliphatic rings. The second kappa shape index (κ2) is 6.77. The largest absolute Gasteiger partial charge is 0.508 e. The third-order valence-electron chi connectivity index (χ3n) is 3.92. The molecule has 1 aromatic rings. The van der Waals surface area contributed by atoms with E-state index in [0.717, 1.165) is 19.3 Å². The Morgan fingerprint density at radius 3 is 2.38 bits per heavy atom. The fraction of sp³-hybridized carbons (Fsp3) is 0.600. The first kappa shape index (κ1) is 16.3. The number of piperidine rings is 1. The van der Waals surface area contributed by atoms with E-state index >= 15 is 0 Å². The first-order valence-electron chi connectivity index (χ1n) is 7.33. The predicted molar refractivity (Wildman–Crippen MR) is 83.8 cm³/mol. The van der Waals surface area contributed by atoms with Gasteiger partial charge in [-0.05, 0) is 43.9 Å². The molecule has 0 radical (unpaired) electrons. The van der Waals surface area contributed by atoms with E-state index in [1.54, 1.807) is 16.4 Å². The summed E-state index contributed by atoms with van der Waals surface area (Å²) < 4.78 is 24.5. The Bertz CT molecular complexity index is 549. The van der Waals surface area contributed by atoms with Crippen LogP contribution in [0.4, 0.5) is 0 Å². The summed E-state index contributed by atoms with van der Waals surface area (Å²) in [6.45, 7) is 3.33. The van der Waals surface area contributed by atoms with Gasteiger partial charge in [0.25, 0.3) is 0 Å². The molecule has 1 aromatic carbocycles. The molecule has 0 aliphatic carbocycles. The highest BCUT2D eigenvalue weighted by molar-refractivity contribution is 7.88. The maximum Gasteiger partial charge on any atom is 0.211 e. The number of sulfonamides is 1. The molecule has 0 bridgehead atoms. The molecular formula is C15H24N2O3S. The molecule has 1 unspecified atom stereocenters. The van der Waals surface area contributed by atoms with Crippen molar-refractivity contribution in [2.45, 2.75) is 38.3 Å². The Labute approximate surface area is 127 Å². The van der Waals surface area contributed by atoms with Crippen molar-refractivity contribution < 1.29 is 13.5 Å². The van der Waals surface area contributed by atoms with Gasteiger partial charge in [-0.15, -0.1) is 0 Å². The Kier molecular flexibility index (Phi) is 5.24. The molecule has 1 heterocycles. The van der Waals surface area contributed by atoms with Crippen molar-refractivity contribution in [3.63, 3.8) is 0 Å². The summed E-state index contributed by atoms with van der Waals surface area (Å²) in [5, 5.41) is 12.8. The van der Waals surface area contributed by atoms with E-state index in [9.17, 15) is 13.5 Å². The molecule has 5 nitrogen and oxygen atoms in total. The van der Waals surface area contributed by atoms with Crippen LogP contribution in [0, 0.1) is 0 Å². The van der Waals surface area contributed by atoms with E-state index in [1.807, 2.05) is 12.1 Å². The van der Waals surface area contributed by atoms with Gasteiger partial charge in [-0.25, -0.2) is 12.7 Å². The number of hydrogen-bond donors (Lipinski definition) is 2. The fourth-order valence-corrected chi connectivity index (χ4v) is 3.68. The second-order valence-corrected chi connectivity index (χ2v) is 7.86. The summed E-state index contributed by atoms with van der Waals surface area (Å²) in [6.07, 6.45) is 3.88. The lowest BCUT2D eigenvalue weighted by atomic mass is 10.0. The second-order valence-electron chi connectivity index (χ2n) is 5.87. The minimum absolute atomic E-state index is 0.285.